The highest BCUT2D eigenvalue weighted by Gasteiger charge is 2.25. The number of hydrogen-bond acceptors (Lipinski definition) is 5. The normalized spacial score (nSPS) is 15.4. The van der Waals surface area contributed by atoms with Crippen molar-refractivity contribution in [2.45, 2.75) is 24.9 Å². The fourth-order valence-electron chi connectivity index (χ4n) is 3.77. The minimum atomic E-state index is 0.0382. The molecule has 2 aromatic carbocycles. The summed E-state index contributed by atoms with van der Waals surface area (Å²) in [6, 6.07) is 13.7. The smallest absolute Gasteiger partial charge is 0.271 e. The van der Waals surface area contributed by atoms with Crippen molar-refractivity contribution in [1.29, 1.82) is 0 Å². The zero-order chi connectivity index (χ0) is 23.1. The van der Waals surface area contributed by atoms with Gasteiger partial charge in [0.05, 0.1) is 22.2 Å². The first-order valence-corrected chi connectivity index (χ1v) is 13.6. The Hall–Kier alpha value is -2.03. The Morgan fingerprint density at radius 2 is 1.97 bits per heavy atom. The molecule has 0 spiro atoms. The fourth-order valence-corrected chi connectivity index (χ4v) is 7.56. The Labute approximate surface area is 213 Å². The molecular formula is C24H20Cl2N3OS3+. The monoisotopic (exact) mass is 532 g/mol. The summed E-state index contributed by atoms with van der Waals surface area (Å²) in [6.45, 7) is 3.29. The van der Waals surface area contributed by atoms with E-state index in [1.807, 2.05) is 61.0 Å². The second-order valence-electron chi connectivity index (χ2n) is 7.50. The molecule has 0 aliphatic carbocycles. The van der Waals surface area contributed by atoms with Crippen LogP contribution in [-0.4, -0.2) is 11.6 Å². The molecule has 0 saturated carbocycles. The summed E-state index contributed by atoms with van der Waals surface area (Å²) >= 11 is 17.3. The minimum Gasteiger partial charge on any atom is -0.337 e. The SMILES string of the molecule is CCn1c(=Cc2scc[n+]2Cc2ccccc2Cl)sc(=C2Sc3cc(Cl)ccc3N2C)c1=O. The average molecular weight is 534 g/mol. The molecule has 0 atom stereocenters. The molecule has 1 aliphatic heterocycles. The highest BCUT2D eigenvalue weighted by Crippen LogP contribution is 2.46. The zero-order valence-electron chi connectivity index (χ0n) is 17.9. The largest absolute Gasteiger partial charge is 0.337 e. The molecule has 0 unspecified atom stereocenters. The van der Waals surface area contributed by atoms with Crippen LogP contribution in [0.4, 0.5) is 5.69 Å². The number of hydrogen-bond donors (Lipinski definition) is 0. The summed E-state index contributed by atoms with van der Waals surface area (Å²) < 4.78 is 5.69. The summed E-state index contributed by atoms with van der Waals surface area (Å²) in [6.07, 6.45) is 4.16. The zero-order valence-corrected chi connectivity index (χ0v) is 21.9. The van der Waals surface area contributed by atoms with Gasteiger partial charge in [0.15, 0.2) is 12.7 Å². The number of aromatic nitrogens is 2. The van der Waals surface area contributed by atoms with Gasteiger partial charge in [-0.05, 0) is 31.2 Å². The van der Waals surface area contributed by atoms with Crippen LogP contribution in [0.1, 0.15) is 17.5 Å². The number of rotatable bonds is 4. The van der Waals surface area contributed by atoms with Crippen molar-refractivity contribution in [3.05, 3.63) is 94.2 Å². The van der Waals surface area contributed by atoms with Crippen LogP contribution in [0, 0.1) is 0 Å². The van der Waals surface area contributed by atoms with Gasteiger partial charge in [-0.25, -0.2) is 0 Å². The van der Waals surface area contributed by atoms with Crippen molar-refractivity contribution in [3.8, 4) is 0 Å². The second kappa shape index (κ2) is 9.31. The van der Waals surface area contributed by atoms with Crippen LogP contribution >= 0.6 is 57.6 Å². The minimum absolute atomic E-state index is 0.0382. The van der Waals surface area contributed by atoms with Crippen LogP contribution in [0.25, 0.3) is 11.1 Å². The molecule has 0 fully saturated rings. The molecule has 33 heavy (non-hydrogen) atoms. The summed E-state index contributed by atoms with van der Waals surface area (Å²) in [5.41, 5.74) is 2.17. The number of benzene rings is 2. The third kappa shape index (κ3) is 4.29. The first-order chi connectivity index (χ1) is 16.0. The Kier molecular flexibility index (Phi) is 6.42. The lowest BCUT2D eigenvalue weighted by Gasteiger charge is -2.12. The fraction of sp³-hybridized carbons (Fsp3) is 0.167. The predicted octanol–water partition coefficient (Wildman–Crippen LogP) is 4.77. The lowest BCUT2D eigenvalue weighted by Crippen LogP contribution is -2.36. The van der Waals surface area contributed by atoms with Gasteiger partial charge in [-0.3, -0.25) is 9.36 Å². The van der Waals surface area contributed by atoms with E-state index < -0.39 is 0 Å². The van der Waals surface area contributed by atoms with Crippen LogP contribution in [0.2, 0.25) is 10.0 Å². The molecular weight excluding hydrogens is 513 g/mol. The molecule has 5 rings (SSSR count). The van der Waals surface area contributed by atoms with E-state index in [9.17, 15) is 4.79 Å². The van der Waals surface area contributed by atoms with Crippen molar-refractivity contribution in [1.82, 2.24) is 4.57 Å². The number of halogens is 2. The van der Waals surface area contributed by atoms with Crippen molar-refractivity contribution in [2.24, 2.45) is 0 Å². The van der Waals surface area contributed by atoms with Crippen LogP contribution in [-0.2, 0) is 13.1 Å². The van der Waals surface area contributed by atoms with E-state index in [1.54, 1.807) is 23.1 Å². The van der Waals surface area contributed by atoms with Gasteiger partial charge in [-0.1, -0.05) is 64.5 Å². The lowest BCUT2D eigenvalue weighted by molar-refractivity contribution is -0.685. The van der Waals surface area contributed by atoms with E-state index in [4.69, 9.17) is 23.2 Å². The van der Waals surface area contributed by atoms with Crippen LogP contribution in [0.3, 0.4) is 0 Å². The van der Waals surface area contributed by atoms with Crippen molar-refractivity contribution >= 4 is 74.4 Å². The molecule has 0 radical (unpaired) electrons. The van der Waals surface area contributed by atoms with E-state index in [-0.39, 0.29) is 5.56 Å². The molecule has 2 aromatic heterocycles. The first kappa shape index (κ1) is 22.7. The molecule has 0 N–H and O–H groups in total. The van der Waals surface area contributed by atoms with Crippen LogP contribution < -0.4 is 24.2 Å². The first-order valence-electron chi connectivity index (χ1n) is 10.3. The predicted molar refractivity (Wildman–Crippen MR) is 141 cm³/mol. The van der Waals surface area contributed by atoms with E-state index in [0.29, 0.717) is 18.1 Å². The number of thiazole rings is 2. The van der Waals surface area contributed by atoms with Gasteiger partial charge in [-0.15, -0.1) is 11.3 Å². The third-order valence-electron chi connectivity index (χ3n) is 5.48. The number of thioether (sulfide) groups is 1. The average Bonchev–Trinajstić information content (AvgIpc) is 3.46. The van der Waals surface area contributed by atoms with Gasteiger partial charge in [0, 0.05) is 29.1 Å². The maximum Gasteiger partial charge on any atom is 0.271 e. The van der Waals surface area contributed by atoms with E-state index in [1.165, 1.54) is 11.3 Å². The summed E-state index contributed by atoms with van der Waals surface area (Å²) in [5.74, 6) is 0. The number of fused-ring (bicyclic) bond motifs is 1. The van der Waals surface area contributed by atoms with Crippen molar-refractivity contribution in [2.75, 3.05) is 11.9 Å². The molecule has 168 valence electrons. The summed E-state index contributed by atoms with van der Waals surface area (Å²) in [7, 11) is 2.00. The molecule has 0 bridgehead atoms. The third-order valence-corrected chi connectivity index (χ3v) is 9.40. The van der Waals surface area contributed by atoms with E-state index in [2.05, 4.69) is 27.1 Å². The Morgan fingerprint density at radius 3 is 2.76 bits per heavy atom. The Bertz CT molecular complexity index is 1540. The summed E-state index contributed by atoms with van der Waals surface area (Å²) in [5, 5.41) is 5.52. The highest BCUT2D eigenvalue weighted by atomic mass is 35.5. The standard InChI is InChI=1S/C24H20Cl2N3OS3/c1-3-29-21(13-20-28(10-11-31-20)14-15-6-4-5-7-17(15)26)33-22(23(29)30)24-27(2)18-9-8-16(25)12-19(18)32-24/h4-13H,3,14H2,1-2H3/q+1. The molecule has 3 heterocycles. The maximum absolute atomic E-state index is 13.4. The summed E-state index contributed by atoms with van der Waals surface area (Å²) in [4.78, 5) is 16.5. The molecule has 4 aromatic rings. The lowest BCUT2D eigenvalue weighted by atomic mass is 10.2. The second-order valence-corrected chi connectivity index (χ2v) is 11.3. The Balaban J connectivity index is 1.61. The van der Waals surface area contributed by atoms with Gasteiger partial charge in [-0.2, -0.15) is 4.57 Å². The number of anilines is 1. The van der Waals surface area contributed by atoms with Crippen molar-refractivity contribution in [3.63, 3.8) is 0 Å². The van der Waals surface area contributed by atoms with Gasteiger partial charge in [0.2, 0.25) is 0 Å². The van der Waals surface area contributed by atoms with Crippen LogP contribution in [0.5, 0.6) is 0 Å². The molecule has 0 amide bonds. The number of nitrogens with zero attached hydrogens (tertiary/aromatic N) is 3. The molecule has 0 saturated heterocycles. The molecule has 1 aliphatic rings. The Morgan fingerprint density at radius 1 is 1.15 bits per heavy atom. The molecule has 9 heteroatoms. The van der Waals surface area contributed by atoms with Gasteiger partial charge in [0.25, 0.3) is 10.6 Å². The molecule has 4 nitrogen and oxygen atoms in total. The van der Waals surface area contributed by atoms with Crippen LogP contribution in [0.15, 0.2) is 63.7 Å². The van der Waals surface area contributed by atoms with E-state index >= 15 is 0 Å². The van der Waals surface area contributed by atoms with Gasteiger partial charge in [0.1, 0.15) is 14.2 Å². The van der Waals surface area contributed by atoms with E-state index in [0.717, 1.165) is 40.4 Å². The maximum atomic E-state index is 13.4. The van der Waals surface area contributed by atoms with Gasteiger partial charge < -0.3 is 4.90 Å². The highest BCUT2D eigenvalue weighted by molar-refractivity contribution is 8.08. The van der Waals surface area contributed by atoms with Crippen molar-refractivity contribution < 1.29 is 4.57 Å². The topological polar surface area (TPSA) is 29.1 Å². The van der Waals surface area contributed by atoms with Gasteiger partial charge >= 0.3 is 0 Å². The quantitative estimate of drug-likeness (QED) is 0.354.